The monoisotopic (exact) mass is 574 g/mol. The first kappa shape index (κ1) is 29.5. The predicted octanol–water partition coefficient (Wildman–Crippen LogP) is 4.62. The second-order valence-electron chi connectivity index (χ2n) is 8.64. The van der Waals surface area contributed by atoms with Crippen LogP contribution in [0.5, 0.6) is 23.0 Å². The topological polar surface area (TPSA) is 135 Å². The van der Waals surface area contributed by atoms with Crippen LogP contribution in [0.3, 0.4) is 0 Å². The van der Waals surface area contributed by atoms with E-state index in [0.29, 0.717) is 56.9 Å². The van der Waals surface area contributed by atoms with Crippen molar-refractivity contribution in [3.63, 3.8) is 0 Å². The highest BCUT2D eigenvalue weighted by Gasteiger charge is 2.16. The van der Waals surface area contributed by atoms with Gasteiger partial charge in [-0.2, -0.15) is 9.68 Å². The predicted molar refractivity (Wildman–Crippen MR) is 147 cm³/mol. The molecule has 4 rings (SSSR count). The van der Waals surface area contributed by atoms with Crippen molar-refractivity contribution in [2.24, 2.45) is 0 Å². The number of carbonyl (C=O) groups excluding carboxylic acids is 2. The van der Waals surface area contributed by atoms with Gasteiger partial charge < -0.3 is 18.9 Å². The largest absolute Gasteiger partial charge is 0.493 e. The lowest BCUT2D eigenvalue weighted by molar-refractivity contribution is -0.987. The Morgan fingerprint density at radius 3 is 1.38 bits per heavy atom. The van der Waals surface area contributed by atoms with E-state index in [9.17, 15) is 14.5 Å². The number of aldehydes is 2. The molecule has 2 aromatic carbocycles. The summed E-state index contributed by atoms with van der Waals surface area (Å²) in [5, 5.41) is 0.00127. The van der Waals surface area contributed by atoms with Gasteiger partial charge in [-0.15, -0.1) is 0 Å². The molecule has 2 aromatic heterocycles. The fourth-order valence-corrected chi connectivity index (χ4v) is 3.72. The maximum atomic E-state index is 12.1. The molecule has 0 amide bonds. The quantitative estimate of drug-likeness (QED) is 0.137. The fourth-order valence-electron chi connectivity index (χ4n) is 3.72. The number of methoxy groups -OCH3 is 2. The van der Waals surface area contributed by atoms with Crippen molar-refractivity contribution in [3.8, 4) is 23.0 Å². The first-order valence-corrected chi connectivity index (χ1v) is 12.7. The number of hydrogen-bond donors (Lipinski definition) is 0. The van der Waals surface area contributed by atoms with Gasteiger partial charge in [0.25, 0.3) is 0 Å². The van der Waals surface area contributed by atoms with E-state index in [1.54, 1.807) is 72.8 Å². The molecular formula is C30H28N3O9+. The molecule has 0 unspecified atom stereocenters. The minimum absolute atomic E-state index is 0.00127. The van der Waals surface area contributed by atoms with E-state index in [-0.39, 0.29) is 31.5 Å². The van der Waals surface area contributed by atoms with Gasteiger partial charge in [0.05, 0.1) is 37.0 Å². The molecule has 12 nitrogen and oxygen atoms in total. The summed E-state index contributed by atoms with van der Waals surface area (Å²) in [6.45, 7) is -0.0924. The minimum Gasteiger partial charge on any atom is -0.493 e. The Kier molecular flexibility index (Phi) is 10.3. The number of aromatic nitrogens is 2. The van der Waals surface area contributed by atoms with Gasteiger partial charge in [0.2, 0.25) is 13.2 Å². The van der Waals surface area contributed by atoms with Crippen molar-refractivity contribution in [2.75, 3.05) is 14.2 Å². The van der Waals surface area contributed by atoms with Gasteiger partial charge >= 0.3 is 5.09 Å². The number of nitrogens with zero attached hydrogens (tertiary/aromatic N) is 3. The molecule has 12 heteroatoms. The van der Waals surface area contributed by atoms with Crippen LogP contribution in [0.25, 0.3) is 0 Å². The fraction of sp³-hybridized carbons (Fsp3) is 0.200. The molecule has 4 aromatic rings. The second-order valence-corrected chi connectivity index (χ2v) is 8.64. The zero-order valence-corrected chi connectivity index (χ0v) is 22.9. The molecule has 216 valence electrons. The number of benzene rings is 2. The summed E-state index contributed by atoms with van der Waals surface area (Å²) >= 11 is 0. The molecule has 2 heterocycles. The molecule has 0 aliphatic carbocycles. The number of pyridine rings is 2. The Bertz CT molecular complexity index is 1430. The maximum absolute atomic E-state index is 12.1. The zero-order chi connectivity index (χ0) is 29.7. The van der Waals surface area contributed by atoms with Crippen LogP contribution >= 0.6 is 0 Å². The summed E-state index contributed by atoms with van der Waals surface area (Å²) in [6.07, 6.45) is 1.44. The molecule has 0 fully saturated rings. The molecule has 42 heavy (non-hydrogen) atoms. The van der Waals surface area contributed by atoms with Crippen LogP contribution in [0.2, 0.25) is 0 Å². The standard InChI is InChI=1S/C30H28N3O9/c1-37-27-11-9-21(15-34)13-29(27)39-17-23-5-3-7-25(31-23)19-41-33(36)42-20-26-8-4-6-24(32-26)18-40-30-14-22(16-35)10-12-28(30)38-2/h3-16H,17-20H2,1-2H3/q+1. The number of ether oxygens (including phenoxy) is 4. The molecule has 0 aliphatic heterocycles. The van der Waals surface area contributed by atoms with Gasteiger partial charge in [0.15, 0.2) is 23.0 Å². The third-order valence-electron chi connectivity index (χ3n) is 5.76. The Labute approximate surface area is 241 Å². The van der Waals surface area contributed by atoms with Crippen molar-refractivity contribution in [1.82, 2.24) is 9.97 Å². The average molecular weight is 575 g/mol. The van der Waals surface area contributed by atoms with Crippen LogP contribution in [0.15, 0.2) is 72.8 Å². The van der Waals surface area contributed by atoms with Crippen LogP contribution in [0.1, 0.15) is 43.5 Å². The normalized spacial score (nSPS) is 10.3. The number of hydrogen-bond acceptors (Lipinski definition) is 11. The highest BCUT2D eigenvalue weighted by atomic mass is 17.0. The van der Waals surface area contributed by atoms with E-state index in [0.717, 1.165) is 12.6 Å². The van der Waals surface area contributed by atoms with Crippen molar-refractivity contribution < 1.29 is 43.3 Å². The van der Waals surface area contributed by atoms with E-state index >= 15 is 0 Å². The molecule has 0 saturated carbocycles. The Morgan fingerprint density at radius 2 is 1.00 bits per heavy atom. The first-order chi connectivity index (χ1) is 20.5. The summed E-state index contributed by atoms with van der Waals surface area (Å²) in [7, 11) is 3.01. The summed E-state index contributed by atoms with van der Waals surface area (Å²) in [4.78, 5) is 53.4. The third-order valence-corrected chi connectivity index (χ3v) is 5.76. The molecule has 0 bridgehead atoms. The van der Waals surface area contributed by atoms with Gasteiger partial charge in [0.1, 0.15) is 30.7 Å². The maximum Gasteiger partial charge on any atom is 0.478 e. The van der Waals surface area contributed by atoms with Gasteiger partial charge in [-0.3, -0.25) is 19.6 Å². The second kappa shape index (κ2) is 14.7. The van der Waals surface area contributed by atoms with Crippen LogP contribution < -0.4 is 18.9 Å². The third kappa shape index (κ3) is 8.24. The van der Waals surface area contributed by atoms with Gasteiger partial charge in [-0.05, 0) is 60.7 Å². The lowest BCUT2D eigenvalue weighted by Gasteiger charge is -2.11. The molecule has 0 N–H and O–H groups in total. The first-order valence-electron chi connectivity index (χ1n) is 12.7. The van der Waals surface area contributed by atoms with E-state index in [1.165, 1.54) is 14.2 Å². The Hall–Kier alpha value is -5.52. The zero-order valence-electron chi connectivity index (χ0n) is 22.9. The lowest BCUT2D eigenvalue weighted by Crippen LogP contribution is -2.12. The Morgan fingerprint density at radius 1 is 0.595 bits per heavy atom. The highest BCUT2D eigenvalue weighted by molar-refractivity contribution is 5.77. The molecular weight excluding hydrogens is 546 g/mol. The van der Waals surface area contributed by atoms with E-state index in [2.05, 4.69) is 9.97 Å². The smallest absolute Gasteiger partial charge is 0.478 e. The van der Waals surface area contributed by atoms with Crippen LogP contribution in [-0.2, 0) is 36.1 Å². The summed E-state index contributed by atoms with van der Waals surface area (Å²) in [5.41, 5.74) is 3.00. The van der Waals surface area contributed by atoms with E-state index in [1.807, 2.05) is 0 Å². The van der Waals surface area contributed by atoms with Gasteiger partial charge in [-0.1, -0.05) is 12.1 Å². The minimum atomic E-state index is -0.149. The average Bonchev–Trinajstić information content (AvgIpc) is 3.04. The van der Waals surface area contributed by atoms with Crippen LogP contribution in [0.4, 0.5) is 0 Å². The SMILES string of the molecule is COc1ccc(C=O)cc1OCc1cccc(CO[N+](=O)OCc2cccc(COc3cc(C=O)ccc3OC)n2)n1. The van der Waals surface area contributed by atoms with E-state index < -0.39 is 0 Å². The molecule has 0 saturated heterocycles. The number of rotatable bonds is 16. The summed E-state index contributed by atoms with van der Waals surface area (Å²) < 4.78 is 22.1. The molecule has 0 spiro atoms. The van der Waals surface area contributed by atoms with Crippen LogP contribution in [0, 0.1) is 4.91 Å². The summed E-state index contributed by atoms with van der Waals surface area (Å²) in [6, 6.07) is 20.1. The summed E-state index contributed by atoms with van der Waals surface area (Å²) in [5.74, 6) is 1.77. The lowest BCUT2D eigenvalue weighted by atomic mass is 10.2. The Balaban J connectivity index is 1.26. The van der Waals surface area contributed by atoms with Crippen molar-refractivity contribution in [2.45, 2.75) is 26.4 Å². The number of carbonyl (C=O) groups is 2. The highest BCUT2D eigenvalue weighted by Crippen LogP contribution is 2.29. The van der Waals surface area contributed by atoms with Crippen molar-refractivity contribution in [3.05, 3.63) is 112 Å². The molecule has 0 aliphatic rings. The molecule has 0 radical (unpaired) electrons. The van der Waals surface area contributed by atoms with Gasteiger partial charge in [-0.25, -0.2) is 0 Å². The van der Waals surface area contributed by atoms with Gasteiger partial charge in [0, 0.05) is 11.1 Å². The molecule has 0 atom stereocenters. The van der Waals surface area contributed by atoms with Crippen molar-refractivity contribution in [1.29, 1.82) is 0 Å². The van der Waals surface area contributed by atoms with Crippen molar-refractivity contribution >= 4 is 12.6 Å². The van der Waals surface area contributed by atoms with E-state index in [4.69, 9.17) is 28.6 Å². The van der Waals surface area contributed by atoms with Crippen LogP contribution in [-0.4, -0.2) is 41.8 Å².